The highest BCUT2D eigenvalue weighted by Crippen LogP contribution is 2.39. The summed E-state index contributed by atoms with van der Waals surface area (Å²) in [6.45, 7) is 6.76. The van der Waals surface area contributed by atoms with E-state index in [1.54, 1.807) is 0 Å². The van der Waals surface area contributed by atoms with Crippen LogP contribution < -0.4 is 5.73 Å². The number of aliphatic hydroxyl groups excluding tert-OH is 1. The van der Waals surface area contributed by atoms with Crippen LogP contribution in [0, 0.1) is 0 Å². The van der Waals surface area contributed by atoms with Crippen molar-refractivity contribution in [1.29, 1.82) is 0 Å². The summed E-state index contributed by atoms with van der Waals surface area (Å²) >= 11 is 0. The van der Waals surface area contributed by atoms with Crippen molar-refractivity contribution in [2.24, 2.45) is 5.73 Å². The van der Waals surface area contributed by atoms with Gasteiger partial charge in [-0.15, -0.1) is 0 Å². The monoisotopic (exact) mass is 387 g/mol. The molecule has 6 heteroatoms. The molecule has 0 aliphatic carbocycles. The molecule has 0 bridgehead atoms. The summed E-state index contributed by atoms with van der Waals surface area (Å²) in [7, 11) is 0. The van der Waals surface area contributed by atoms with Gasteiger partial charge in [0, 0.05) is 13.2 Å². The number of hydrogen-bond acceptors (Lipinski definition) is 6. The van der Waals surface area contributed by atoms with Crippen molar-refractivity contribution in [1.82, 2.24) is 0 Å². The molecule has 2 rings (SSSR count). The van der Waals surface area contributed by atoms with Crippen LogP contribution in [0.1, 0.15) is 85.0 Å². The standard InChI is InChI=1S/C21H41NO5/c1-4-5-6-7-8-9-10-11-12-13-14-24-18-17(16(23)15-22)25-20-19(18)26-21(2,3)27-20/h16-20,23H,4-15,22H2,1-3H3/t16-,17-,18+,19-,20-/m1/s1. The van der Waals surface area contributed by atoms with Gasteiger partial charge in [-0.3, -0.25) is 0 Å². The van der Waals surface area contributed by atoms with Crippen LogP contribution in [0.4, 0.5) is 0 Å². The Labute approximate surface area is 165 Å². The van der Waals surface area contributed by atoms with Crippen molar-refractivity contribution in [3.8, 4) is 0 Å². The topological polar surface area (TPSA) is 83.2 Å². The number of ether oxygens (including phenoxy) is 4. The smallest absolute Gasteiger partial charge is 0.190 e. The Balaban J connectivity index is 1.61. The highest BCUT2D eigenvalue weighted by molar-refractivity contribution is 4.97. The second kappa shape index (κ2) is 11.7. The second-order valence-electron chi connectivity index (χ2n) is 8.39. The fraction of sp³-hybridized carbons (Fsp3) is 1.00. The molecule has 0 saturated carbocycles. The molecule has 2 aliphatic rings. The second-order valence-corrected chi connectivity index (χ2v) is 8.39. The highest BCUT2D eigenvalue weighted by atomic mass is 16.8. The average Bonchev–Trinajstić information content (AvgIpc) is 3.11. The average molecular weight is 388 g/mol. The quantitative estimate of drug-likeness (QED) is 0.444. The minimum absolute atomic E-state index is 0.131. The van der Waals surface area contributed by atoms with Gasteiger partial charge < -0.3 is 29.8 Å². The number of hydrogen-bond donors (Lipinski definition) is 2. The molecule has 3 N–H and O–H groups in total. The molecule has 0 aromatic heterocycles. The summed E-state index contributed by atoms with van der Waals surface area (Å²) in [6.07, 6.45) is 10.5. The Morgan fingerprint density at radius 2 is 1.56 bits per heavy atom. The van der Waals surface area contributed by atoms with Crippen LogP contribution in [-0.2, 0) is 18.9 Å². The molecule has 160 valence electrons. The molecule has 0 aromatic carbocycles. The van der Waals surface area contributed by atoms with Crippen molar-refractivity contribution in [2.75, 3.05) is 13.2 Å². The SMILES string of the molecule is CCCCCCCCCCCCO[C@@H]1[C@H]2OC(C)(C)O[C@H]2O[C@@H]1[C@H](O)CN. The molecule has 2 fully saturated rings. The van der Waals surface area contributed by atoms with Crippen molar-refractivity contribution >= 4 is 0 Å². The van der Waals surface area contributed by atoms with E-state index in [1.165, 1.54) is 57.8 Å². The number of unbranched alkanes of at least 4 members (excludes halogenated alkanes) is 9. The number of rotatable bonds is 14. The van der Waals surface area contributed by atoms with E-state index in [0.717, 1.165) is 6.42 Å². The zero-order chi connectivity index (χ0) is 19.7. The van der Waals surface area contributed by atoms with Gasteiger partial charge in [0.25, 0.3) is 0 Å². The Hall–Kier alpha value is -0.240. The minimum Gasteiger partial charge on any atom is -0.389 e. The summed E-state index contributed by atoms with van der Waals surface area (Å²) in [5.41, 5.74) is 5.61. The first-order valence-corrected chi connectivity index (χ1v) is 11.0. The first-order valence-electron chi connectivity index (χ1n) is 11.0. The lowest BCUT2D eigenvalue weighted by molar-refractivity contribution is -0.228. The molecule has 27 heavy (non-hydrogen) atoms. The van der Waals surface area contributed by atoms with Gasteiger partial charge in [-0.2, -0.15) is 0 Å². The maximum atomic E-state index is 10.1. The van der Waals surface area contributed by atoms with Crippen LogP contribution in [0.15, 0.2) is 0 Å². The zero-order valence-corrected chi connectivity index (χ0v) is 17.5. The van der Waals surface area contributed by atoms with E-state index < -0.39 is 24.3 Å². The molecule has 2 aliphatic heterocycles. The van der Waals surface area contributed by atoms with Crippen LogP contribution in [-0.4, -0.2) is 54.8 Å². The molecule has 0 spiro atoms. The molecule has 0 unspecified atom stereocenters. The third-order valence-corrected chi connectivity index (χ3v) is 5.46. The maximum Gasteiger partial charge on any atom is 0.190 e. The number of aliphatic hydroxyl groups is 1. The normalized spacial score (nSPS) is 30.6. The van der Waals surface area contributed by atoms with Crippen LogP contribution in [0.25, 0.3) is 0 Å². The van der Waals surface area contributed by atoms with E-state index in [1.807, 2.05) is 13.8 Å². The maximum absolute atomic E-state index is 10.1. The Bertz CT molecular complexity index is 406. The van der Waals surface area contributed by atoms with Crippen LogP contribution in [0.2, 0.25) is 0 Å². The van der Waals surface area contributed by atoms with Gasteiger partial charge in [-0.05, 0) is 20.3 Å². The van der Waals surface area contributed by atoms with Crippen molar-refractivity contribution in [2.45, 2.75) is 121 Å². The van der Waals surface area contributed by atoms with Gasteiger partial charge in [0.15, 0.2) is 12.1 Å². The van der Waals surface area contributed by atoms with Gasteiger partial charge in [0.05, 0.1) is 6.10 Å². The molecule has 2 heterocycles. The molecule has 2 saturated heterocycles. The van der Waals surface area contributed by atoms with Gasteiger partial charge in [0.2, 0.25) is 0 Å². The molecular weight excluding hydrogens is 346 g/mol. The first kappa shape index (κ1) is 23.0. The molecular formula is C21H41NO5. The van der Waals surface area contributed by atoms with Gasteiger partial charge in [0.1, 0.15) is 18.3 Å². The van der Waals surface area contributed by atoms with Crippen LogP contribution in [0.3, 0.4) is 0 Å². The minimum atomic E-state index is -0.774. The zero-order valence-electron chi connectivity index (χ0n) is 17.5. The summed E-state index contributed by atoms with van der Waals surface area (Å²) in [5.74, 6) is -0.688. The van der Waals surface area contributed by atoms with Gasteiger partial charge >= 0.3 is 0 Å². The summed E-state index contributed by atoms with van der Waals surface area (Å²) in [4.78, 5) is 0. The van der Waals surface area contributed by atoms with Crippen molar-refractivity contribution < 1.29 is 24.1 Å². The Kier molecular flexibility index (Phi) is 9.97. The molecule has 6 nitrogen and oxygen atoms in total. The summed E-state index contributed by atoms with van der Waals surface area (Å²) < 4.78 is 23.6. The lowest BCUT2D eigenvalue weighted by Gasteiger charge is -2.28. The molecule has 0 aromatic rings. The molecule has 5 atom stereocenters. The van der Waals surface area contributed by atoms with Crippen molar-refractivity contribution in [3.63, 3.8) is 0 Å². The van der Waals surface area contributed by atoms with E-state index in [-0.39, 0.29) is 18.8 Å². The van der Waals surface area contributed by atoms with Gasteiger partial charge in [-0.1, -0.05) is 64.7 Å². The van der Waals surface area contributed by atoms with Crippen molar-refractivity contribution in [3.05, 3.63) is 0 Å². The predicted molar refractivity (Wildman–Crippen MR) is 105 cm³/mol. The fourth-order valence-electron chi connectivity index (χ4n) is 3.95. The molecule has 0 radical (unpaired) electrons. The molecule has 0 amide bonds. The summed E-state index contributed by atoms with van der Waals surface area (Å²) in [6, 6.07) is 0. The van der Waals surface area contributed by atoms with E-state index >= 15 is 0 Å². The Morgan fingerprint density at radius 1 is 0.963 bits per heavy atom. The van der Waals surface area contributed by atoms with E-state index in [9.17, 15) is 5.11 Å². The highest BCUT2D eigenvalue weighted by Gasteiger charge is 2.56. The van der Waals surface area contributed by atoms with Gasteiger partial charge in [-0.25, -0.2) is 0 Å². The van der Waals surface area contributed by atoms with Crippen LogP contribution in [0.5, 0.6) is 0 Å². The van der Waals surface area contributed by atoms with E-state index in [0.29, 0.717) is 6.61 Å². The van der Waals surface area contributed by atoms with Crippen LogP contribution >= 0.6 is 0 Å². The van der Waals surface area contributed by atoms with E-state index in [4.69, 9.17) is 24.7 Å². The lowest BCUT2D eigenvalue weighted by atomic mass is 10.1. The number of fused-ring (bicyclic) bond motifs is 1. The first-order chi connectivity index (χ1) is 13.0. The lowest BCUT2D eigenvalue weighted by Crippen LogP contribution is -2.45. The van der Waals surface area contributed by atoms with E-state index in [2.05, 4.69) is 6.92 Å². The number of nitrogens with two attached hydrogens (primary N) is 1. The third kappa shape index (κ3) is 7.26. The third-order valence-electron chi connectivity index (χ3n) is 5.46. The largest absolute Gasteiger partial charge is 0.389 e. The predicted octanol–water partition coefficient (Wildman–Crippen LogP) is 3.49. The Morgan fingerprint density at radius 3 is 2.15 bits per heavy atom. The fourth-order valence-corrected chi connectivity index (χ4v) is 3.95. The summed E-state index contributed by atoms with van der Waals surface area (Å²) in [5, 5.41) is 10.1.